The highest BCUT2D eigenvalue weighted by molar-refractivity contribution is 7.14. The average Bonchev–Trinajstić information content (AvgIpc) is 3.01. The summed E-state index contributed by atoms with van der Waals surface area (Å²) in [6.45, 7) is 2.28. The summed E-state index contributed by atoms with van der Waals surface area (Å²) in [5.74, 6) is -0.777. The summed E-state index contributed by atoms with van der Waals surface area (Å²) in [6.07, 6.45) is 2.97. The molecule has 106 valence electrons. The normalized spacial score (nSPS) is 16.2. The monoisotopic (exact) mass is 300 g/mol. The van der Waals surface area contributed by atoms with Crippen LogP contribution in [0, 0.1) is 0 Å². The summed E-state index contributed by atoms with van der Waals surface area (Å²) in [6, 6.07) is 7.00. The lowest BCUT2D eigenvalue weighted by Gasteiger charge is -2.26. The standard InChI is InChI=1S/C15H12N2O3S/c1-2-20-9-12-10-5-3-4-6-11(10)13(18)17(14(12)19)15-16-7-8-21-15/h3-9H,2H2,1H3/b12-9+. The van der Waals surface area contributed by atoms with Crippen molar-refractivity contribution in [1.82, 2.24) is 4.98 Å². The van der Waals surface area contributed by atoms with Gasteiger partial charge in [-0.15, -0.1) is 11.3 Å². The second kappa shape index (κ2) is 5.49. The van der Waals surface area contributed by atoms with Crippen LogP contribution < -0.4 is 4.90 Å². The number of thiazole rings is 1. The van der Waals surface area contributed by atoms with Crippen molar-refractivity contribution in [3.8, 4) is 0 Å². The predicted octanol–water partition coefficient (Wildman–Crippen LogP) is 2.71. The van der Waals surface area contributed by atoms with Crippen molar-refractivity contribution in [1.29, 1.82) is 0 Å². The van der Waals surface area contributed by atoms with Gasteiger partial charge in [0.1, 0.15) is 0 Å². The highest BCUT2D eigenvalue weighted by atomic mass is 32.1. The number of carbonyl (C=O) groups excluding carboxylic acids is 2. The summed E-state index contributed by atoms with van der Waals surface area (Å²) in [4.78, 5) is 30.3. The molecule has 1 aliphatic rings. The van der Waals surface area contributed by atoms with E-state index in [0.717, 1.165) is 4.90 Å². The van der Waals surface area contributed by atoms with E-state index in [1.807, 2.05) is 6.92 Å². The number of hydrogen-bond acceptors (Lipinski definition) is 5. The minimum Gasteiger partial charge on any atom is -0.501 e. The summed E-state index contributed by atoms with van der Waals surface area (Å²) in [5.41, 5.74) is 1.43. The molecule has 2 heterocycles. The van der Waals surface area contributed by atoms with Crippen LogP contribution in [0.1, 0.15) is 22.8 Å². The maximum Gasteiger partial charge on any atom is 0.270 e. The third kappa shape index (κ3) is 2.23. The summed E-state index contributed by atoms with van der Waals surface area (Å²) < 4.78 is 5.26. The molecular weight excluding hydrogens is 288 g/mol. The first-order valence-corrected chi connectivity index (χ1v) is 7.31. The van der Waals surface area contributed by atoms with Gasteiger partial charge in [-0.1, -0.05) is 18.2 Å². The number of rotatable bonds is 3. The first-order chi connectivity index (χ1) is 10.2. The molecule has 0 saturated carbocycles. The van der Waals surface area contributed by atoms with Gasteiger partial charge in [0, 0.05) is 22.7 Å². The molecular formula is C15H12N2O3S. The van der Waals surface area contributed by atoms with E-state index in [1.165, 1.54) is 17.6 Å². The number of carbonyl (C=O) groups is 2. The van der Waals surface area contributed by atoms with Crippen LogP contribution in [0.25, 0.3) is 5.57 Å². The van der Waals surface area contributed by atoms with Crippen LogP contribution in [0.15, 0.2) is 42.1 Å². The Morgan fingerprint density at radius 3 is 2.67 bits per heavy atom. The highest BCUT2D eigenvalue weighted by Crippen LogP contribution is 2.32. The number of amides is 2. The quantitative estimate of drug-likeness (QED) is 0.497. The fourth-order valence-electron chi connectivity index (χ4n) is 2.13. The number of anilines is 1. The van der Waals surface area contributed by atoms with Crippen LogP contribution in [-0.4, -0.2) is 23.4 Å². The zero-order valence-corrected chi connectivity index (χ0v) is 12.1. The summed E-state index contributed by atoms with van der Waals surface area (Å²) in [7, 11) is 0. The van der Waals surface area contributed by atoms with Crippen LogP contribution in [0.5, 0.6) is 0 Å². The third-order valence-electron chi connectivity index (χ3n) is 3.06. The van der Waals surface area contributed by atoms with E-state index in [2.05, 4.69) is 4.98 Å². The molecule has 0 fully saturated rings. The Labute approximate surface area is 125 Å². The highest BCUT2D eigenvalue weighted by Gasteiger charge is 2.37. The van der Waals surface area contributed by atoms with Gasteiger partial charge >= 0.3 is 0 Å². The van der Waals surface area contributed by atoms with Gasteiger partial charge < -0.3 is 4.74 Å². The van der Waals surface area contributed by atoms with Crippen molar-refractivity contribution >= 4 is 33.9 Å². The Hall–Kier alpha value is -2.47. The van der Waals surface area contributed by atoms with Gasteiger partial charge in [-0.3, -0.25) is 9.59 Å². The molecule has 0 unspecified atom stereocenters. The molecule has 0 atom stereocenters. The molecule has 0 bridgehead atoms. The molecule has 3 rings (SSSR count). The smallest absolute Gasteiger partial charge is 0.270 e. The molecule has 1 aromatic carbocycles. The predicted molar refractivity (Wildman–Crippen MR) is 80.0 cm³/mol. The van der Waals surface area contributed by atoms with Crippen molar-refractivity contribution in [2.24, 2.45) is 0 Å². The lowest BCUT2D eigenvalue weighted by Crippen LogP contribution is -2.41. The van der Waals surface area contributed by atoms with Crippen LogP contribution in [0.4, 0.5) is 5.13 Å². The molecule has 0 radical (unpaired) electrons. The lowest BCUT2D eigenvalue weighted by molar-refractivity contribution is -0.113. The number of imide groups is 1. The van der Waals surface area contributed by atoms with Gasteiger partial charge in [0.25, 0.3) is 11.8 Å². The third-order valence-corrected chi connectivity index (χ3v) is 3.82. The van der Waals surface area contributed by atoms with Crippen LogP contribution in [0.3, 0.4) is 0 Å². The molecule has 0 saturated heterocycles. The van der Waals surface area contributed by atoms with E-state index >= 15 is 0 Å². The van der Waals surface area contributed by atoms with Gasteiger partial charge in [0.15, 0.2) is 5.13 Å². The number of ether oxygens (including phenoxy) is 1. The molecule has 21 heavy (non-hydrogen) atoms. The summed E-state index contributed by atoms with van der Waals surface area (Å²) in [5, 5.41) is 2.09. The van der Waals surface area contributed by atoms with Crippen molar-refractivity contribution in [3.63, 3.8) is 0 Å². The zero-order chi connectivity index (χ0) is 14.8. The van der Waals surface area contributed by atoms with Crippen molar-refractivity contribution in [3.05, 3.63) is 53.2 Å². The number of nitrogens with zero attached hydrogens (tertiary/aromatic N) is 2. The zero-order valence-electron chi connectivity index (χ0n) is 11.3. The second-order valence-corrected chi connectivity index (χ2v) is 5.17. The number of hydrogen-bond donors (Lipinski definition) is 0. The maximum absolute atomic E-state index is 12.6. The van der Waals surface area contributed by atoms with E-state index in [0.29, 0.717) is 28.4 Å². The Kier molecular flexibility index (Phi) is 3.53. The van der Waals surface area contributed by atoms with E-state index in [1.54, 1.807) is 35.8 Å². The minimum atomic E-state index is -0.415. The van der Waals surface area contributed by atoms with E-state index in [4.69, 9.17) is 4.74 Å². The first-order valence-electron chi connectivity index (χ1n) is 6.43. The Balaban J connectivity index is 2.16. The van der Waals surface area contributed by atoms with Crippen LogP contribution in [0.2, 0.25) is 0 Å². The molecule has 1 aromatic heterocycles. The molecule has 1 aliphatic heterocycles. The van der Waals surface area contributed by atoms with Crippen LogP contribution in [-0.2, 0) is 9.53 Å². The Bertz CT molecular complexity index is 722. The first kappa shape index (κ1) is 13.5. The maximum atomic E-state index is 12.6. The fraction of sp³-hybridized carbons (Fsp3) is 0.133. The lowest BCUT2D eigenvalue weighted by atomic mass is 9.95. The minimum absolute atomic E-state index is 0.362. The van der Waals surface area contributed by atoms with Gasteiger partial charge in [-0.05, 0) is 13.0 Å². The van der Waals surface area contributed by atoms with E-state index < -0.39 is 5.91 Å². The molecule has 6 heteroatoms. The van der Waals surface area contributed by atoms with Gasteiger partial charge in [0.2, 0.25) is 0 Å². The van der Waals surface area contributed by atoms with Gasteiger partial charge in [0.05, 0.1) is 18.4 Å². The average molecular weight is 300 g/mol. The molecule has 5 nitrogen and oxygen atoms in total. The number of fused-ring (bicyclic) bond motifs is 1. The SMILES string of the molecule is CCO/C=C1/C(=O)N(c2nccs2)C(=O)c2ccccc21. The topological polar surface area (TPSA) is 59.5 Å². The molecule has 0 N–H and O–H groups in total. The van der Waals surface area contributed by atoms with Gasteiger partial charge in [-0.25, -0.2) is 9.88 Å². The second-order valence-electron chi connectivity index (χ2n) is 4.29. The van der Waals surface area contributed by atoms with Crippen LogP contribution >= 0.6 is 11.3 Å². The molecule has 0 aliphatic carbocycles. The number of benzene rings is 1. The van der Waals surface area contributed by atoms with Crippen molar-refractivity contribution < 1.29 is 14.3 Å². The van der Waals surface area contributed by atoms with E-state index in [-0.39, 0.29) is 5.91 Å². The molecule has 0 spiro atoms. The number of aromatic nitrogens is 1. The molecule has 2 amide bonds. The Morgan fingerprint density at radius 1 is 1.24 bits per heavy atom. The van der Waals surface area contributed by atoms with E-state index in [9.17, 15) is 9.59 Å². The molecule has 2 aromatic rings. The Morgan fingerprint density at radius 2 is 2.00 bits per heavy atom. The fourth-order valence-corrected chi connectivity index (χ4v) is 2.77. The van der Waals surface area contributed by atoms with Crippen molar-refractivity contribution in [2.45, 2.75) is 6.92 Å². The van der Waals surface area contributed by atoms with Gasteiger partial charge in [-0.2, -0.15) is 0 Å². The largest absolute Gasteiger partial charge is 0.501 e. The summed E-state index contributed by atoms with van der Waals surface area (Å²) >= 11 is 1.24. The van der Waals surface area contributed by atoms with Crippen molar-refractivity contribution in [2.75, 3.05) is 11.5 Å².